The molecule has 0 aliphatic heterocycles. The largest absolute Gasteiger partial charge is 0.506 e. The lowest BCUT2D eigenvalue weighted by molar-refractivity contribution is 0.461. The maximum atomic E-state index is 13.0. The Kier molecular flexibility index (Phi) is 5.74. The van der Waals surface area contributed by atoms with Crippen LogP contribution in [-0.2, 0) is 10.1 Å². The van der Waals surface area contributed by atoms with Crippen LogP contribution in [0.5, 0.6) is 17.2 Å². The van der Waals surface area contributed by atoms with Crippen molar-refractivity contribution in [2.75, 3.05) is 0 Å². The molecular formula is C20H16Br2O5S. The zero-order valence-electron chi connectivity index (χ0n) is 14.9. The molecular weight excluding hydrogens is 512 g/mol. The summed E-state index contributed by atoms with van der Waals surface area (Å²) < 4.78 is 32.1. The topological polar surface area (TPSA) is 83.8 Å². The van der Waals surface area contributed by atoms with Crippen LogP contribution in [0.2, 0.25) is 0 Å². The maximum absolute atomic E-state index is 13.0. The fraction of sp³-hybridized carbons (Fsp3) is 0.100. The number of hydrogen-bond acceptors (Lipinski definition) is 5. The van der Waals surface area contributed by atoms with E-state index in [4.69, 9.17) is 4.18 Å². The molecule has 28 heavy (non-hydrogen) atoms. The summed E-state index contributed by atoms with van der Waals surface area (Å²) in [5.74, 6) is 0.208. The van der Waals surface area contributed by atoms with Crippen LogP contribution >= 0.6 is 31.9 Å². The molecule has 0 aliphatic rings. The predicted molar refractivity (Wildman–Crippen MR) is 114 cm³/mol. The van der Waals surface area contributed by atoms with Crippen molar-refractivity contribution in [3.63, 3.8) is 0 Å². The molecule has 3 rings (SSSR count). The standard InChI is InChI=1S/C20H16Br2O5S/c1-11-7-13(9-16(21)19(11)23)15-5-3-4-6-18(15)28(25,26)27-14-8-12(2)20(24)17(22)10-14/h3-10,23-24H,1-2H3. The van der Waals surface area contributed by atoms with Gasteiger partial charge in [0.25, 0.3) is 0 Å². The first kappa shape index (κ1) is 20.7. The minimum Gasteiger partial charge on any atom is -0.506 e. The van der Waals surface area contributed by atoms with Gasteiger partial charge < -0.3 is 14.4 Å². The molecule has 0 aliphatic carbocycles. The van der Waals surface area contributed by atoms with Gasteiger partial charge in [-0.05, 0) is 92.7 Å². The molecule has 0 fully saturated rings. The summed E-state index contributed by atoms with van der Waals surface area (Å²) in [6.07, 6.45) is 0. The molecule has 0 bridgehead atoms. The molecule has 0 aromatic heterocycles. The van der Waals surface area contributed by atoms with Gasteiger partial charge in [-0.25, -0.2) is 0 Å². The van der Waals surface area contributed by atoms with E-state index in [9.17, 15) is 18.6 Å². The van der Waals surface area contributed by atoms with Gasteiger partial charge in [-0.15, -0.1) is 0 Å². The molecule has 0 saturated heterocycles. The quantitative estimate of drug-likeness (QED) is 0.427. The summed E-state index contributed by atoms with van der Waals surface area (Å²) in [7, 11) is -4.15. The van der Waals surface area contributed by atoms with Crippen molar-refractivity contribution in [3.05, 3.63) is 68.6 Å². The highest BCUT2D eigenvalue weighted by Gasteiger charge is 2.23. The zero-order chi connectivity index (χ0) is 20.6. The first-order valence-corrected chi connectivity index (χ1v) is 11.1. The second-order valence-corrected chi connectivity index (χ2v) is 9.45. The van der Waals surface area contributed by atoms with Crippen molar-refractivity contribution in [2.24, 2.45) is 0 Å². The van der Waals surface area contributed by atoms with Crippen LogP contribution in [0, 0.1) is 13.8 Å². The van der Waals surface area contributed by atoms with Crippen molar-refractivity contribution < 1.29 is 22.8 Å². The Morgan fingerprint density at radius 3 is 2.04 bits per heavy atom. The lowest BCUT2D eigenvalue weighted by Crippen LogP contribution is -2.11. The van der Waals surface area contributed by atoms with Gasteiger partial charge in [0.2, 0.25) is 0 Å². The molecule has 0 saturated carbocycles. The van der Waals surface area contributed by atoms with Gasteiger partial charge in [0, 0.05) is 5.56 Å². The van der Waals surface area contributed by atoms with Crippen LogP contribution in [0.15, 0.2) is 62.4 Å². The Labute approximate surface area is 180 Å². The average molecular weight is 528 g/mol. The first-order chi connectivity index (χ1) is 13.1. The summed E-state index contributed by atoms with van der Waals surface area (Å²) >= 11 is 6.47. The first-order valence-electron chi connectivity index (χ1n) is 8.12. The molecule has 146 valence electrons. The van der Waals surface area contributed by atoms with Crippen LogP contribution in [0.3, 0.4) is 0 Å². The third-order valence-corrected chi connectivity index (χ3v) is 6.67. The summed E-state index contributed by atoms with van der Waals surface area (Å²) in [6, 6.07) is 12.7. The van der Waals surface area contributed by atoms with Crippen molar-refractivity contribution in [1.29, 1.82) is 0 Å². The third kappa shape index (κ3) is 4.04. The molecule has 0 heterocycles. The number of phenols is 2. The zero-order valence-corrected chi connectivity index (χ0v) is 18.9. The summed E-state index contributed by atoms with van der Waals surface area (Å²) in [4.78, 5) is -0.00570. The average Bonchev–Trinajstić information content (AvgIpc) is 2.63. The fourth-order valence-electron chi connectivity index (χ4n) is 2.74. The lowest BCUT2D eigenvalue weighted by Gasteiger charge is -2.14. The molecule has 0 atom stereocenters. The molecule has 2 N–H and O–H groups in total. The van der Waals surface area contributed by atoms with E-state index in [0.29, 0.717) is 31.2 Å². The van der Waals surface area contributed by atoms with E-state index in [2.05, 4.69) is 31.9 Å². The minimum atomic E-state index is -4.15. The fourth-order valence-corrected chi connectivity index (χ4v) is 4.98. The number of phenolic OH excluding ortho intramolecular Hbond substituents is 2. The Hall–Kier alpha value is -2.03. The molecule has 3 aromatic rings. The van der Waals surface area contributed by atoms with E-state index in [-0.39, 0.29) is 22.1 Å². The van der Waals surface area contributed by atoms with Crippen LogP contribution in [0.4, 0.5) is 0 Å². The van der Waals surface area contributed by atoms with Crippen LogP contribution in [0.25, 0.3) is 11.1 Å². The normalized spacial score (nSPS) is 11.4. The number of halogens is 2. The summed E-state index contributed by atoms with van der Waals surface area (Å²) in [6.45, 7) is 3.37. The van der Waals surface area contributed by atoms with E-state index >= 15 is 0 Å². The highest BCUT2D eigenvalue weighted by molar-refractivity contribution is 9.10. The monoisotopic (exact) mass is 526 g/mol. The van der Waals surface area contributed by atoms with Gasteiger partial charge in [-0.1, -0.05) is 18.2 Å². The smallest absolute Gasteiger partial charge is 0.339 e. The van der Waals surface area contributed by atoms with Crippen LogP contribution < -0.4 is 4.18 Å². The highest BCUT2D eigenvalue weighted by Crippen LogP contribution is 2.37. The Balaban J connectivity index is 2.10. The molecule has 5 nitrogen and oxygen atoms in total. The van der Waals surface area contributed by atoms with Crippen molar-refractivity contribution >= 4 is 42.0 Å². The Morgan fingerprint density at radius 2 is 1.43 bits per heavy atom. The number of aromatic hydroxyl groups is 2. The Morgan fingerprint density at radius 1 is 0.857 bits per heavy atom. The van der Waals surface area contributed by atoms with Gasteiger partial charge in [-0.3, -0.25) is 0 Å². The third-order valence-electron chi connectivity index (χ3n) is 4.15. The van der Waals surface area contributed by atoms with Crippen molar-refractivity contribution in [2.45, 2.75) is 18.7 Å². The summed E-state index contributed by atoms with van der Waals surface area (Å²) in [5.41, 5.74) is 2.15. The van der Waals surface area contributed by atoms with Gasteiger partial charge in [-0.2, -0.15) is 8.42 Å². The van der Waals surface area contributed by atoms with Gasteiger partial charge in [0.05, 0.1) is 8.95 Å². The number of benzene rings is 3. The van der Waals surface area contributed by atoms with Crippen LogP contribution in [0.1, 0.15) is 11.1 Å². The van der Waals surface area contributed by atoms with Gasteiger partial charge in [0.15, 0.2) is 0 Å². The van der Waals surface area contributed by atoms with Gasteiger partial charge >= 0.3 is 10.1 Å². The van der Waals surface area contributed by atoms with Crippen LogP contribution in [-0.4, -0.2) is 18.6 Å². The number of aryl methyl sites for hydroxylation is 2. The SMILES string of the molecule is Cc1cc(OS(=O)(=O)c2ccccc2-c2cc(C)c(O)c(Br)c2)cc(Br)c1O. The molecule has 0 radical (unpaired) electrons. The molecule has 0 amide bonds. The molecule has 0 unspecified atom stereocenters. The van der Waals surface area contributed by atoms with E-state index in [0.717, 1.165) is 0 Å². The van der Waals surface area contributed by atoms with Crippen molar-refractivity contribution in [3.8, 4) is 28.4 Å². The Bertz CT molecular complexity index is 1130. The lowest BCUT2D eigenvalue weighted by atomic mass is 10.0. The predicted octanol–water partition coefficient (Wildman–Crippen LogP) is 5.67. The minimum absolute atomic E-state index is 0.00570. The van der Waals surface area contributed by atoms with E-state index in [1.807, 2.05) is 0 Å². The highest BCUT2D eigenvalue weighted by atomic mass is 79.9. The maximum Gasteiger partial charge on any atom is 0.339 e. The van der Waals surface area contributed by atoms with Gasteiger partial charge in [0.1, 0.15) is 22.1 Å². The molecule has 3 aromatic carbocycles. The second kappa shape index (κ2) is 7.77. The van der Waals surface area contributed by atoms with E-state index < -0.39 is 10.1 Å². The number of rotatable bonds is 4. The molecule has 8 heteroatoms. The molecule has 0 spiro atoms. The van der Waals surface area contributed by atoms with E-state index in [1.165, 1.54) is 18.2 Å². The summed E-state index contributed by atoms with van der Waals surface area (Å²) in [5, 5.41) is 19.8. The van der Waals surface area contributed by atoms with Crippen molar-refractivity contribution in [1.82, 2.24) is 0 Å². The van der Waals surface area contributed by atoms with E-state index in [1.54, 1.807) is 44.2 Å². The second-order valence-electron chi connectivity index (χ2n) is 6.23. The number of hydrogen-bond donors (Lipinski definition) is 2.